The van der Waals surface area contributed by atoms with Crippen LogP contribution in [0.3, 0.4) is 0 Å². The first kappa shape index (κ1) is 60.7. The van der Waals surface area contributed by atoms with Gasteiger partial charge in [-0.05, 0) is 96.7 Å². The zero-order valence-corrected chi connectivity index (χ0v) is 42.4. The van der Waals surface area contributed by atoms with E-state index < -0.39 is 10.9 Å². The molecule has 0 amide bonds. The number of hydrogen-bond donors (Lipinski definition) is 2. The fraction of sp³-hybridized carbons (Fsp3) is 0.889. The molecule has 0 saturated carbocycles. The molecule has 9 heteroatoms. The van der Waals surface area contributed by atoms with E-state index in [-0.39, 0.29) is 12.1 Å². The van der Waals surface area contributed by atoms with Crippen LogP contribution < -0.4 is 21.5 Å². The van der Waals surface area contributed by atoms with Crippen molar-refractivity contribution in [2.24, 2.45) is 0 Å². The molecule has 1 atom stereocenters. The lowest BCUT2D eigenvalue weighted by molar-refractivity contribution is -0.150. The quantitative estimate of drug-likeness (QED) is 0.0286. The maximum Gasteiger partial charge on any atom is 0.306 e. The first-order valence-electron chi connectivity index (χ1n) is 27.0. The van der Waals surface area contributed by atoms with E-state index in [0.717, 1.165) is 96.5 Å². The largest absolute Gasteiger partial charge is 0.462 e. The van der Waals surface area contributed by atoms with Crippen molar-refractivity contribution >= 4 is 23.6 Å². The van der Waals surface area contributed by atoms with Gasteiger partial charge in [-0.15, -0.1) is 0 Å². The van der Waals surface area contributed by atoms with E-state index in [1.807, 2.05) is 7.11 Å². The highest BCUT2D eigenvalue weighted by Gasteiger charge is 2.19. The van der Waals surface area contributed by atoms with Gasteiger partial charge in [0.05, 0.1) is 6.10 Å². The lowest BCUT2D eigenvalue weighted by atomic mass is 10.0. The minimum atomic E-state index is -0.432. The molecule has 0 heterocycles. The number of anilines is 2. The second-order valence-electron chi connectivity index (χ2n) is 18.4. The molecule has 0 aliphatic carbocycles. The van der Waals surface area contributed by atoms with E-state index in [0.29, 0.717) is 36.9 Å². The third-order valence-corrected chi connectivity index (χ3v) is 12.7. The van der Waals surface area contributed by atoms with E-state index in [1.165, 1.54) is 148 Å². The summed E-state index contributed by atoms with van der Waals surface area (Å²) >= 11 is 0. The van der Waals surface area contributed by atoms with Crippen LogP contribution in [-0.2, 0) is 19.1 Å². The number of esters is 1. The standard InChI is InChI=1S/C42H77N3O5.C12H26O/c1-4-6-8-10-15-21-29-37(30-22-16-11-9-7-5-2)50-38(47)31-23-17-14-19-26-34-45(33-25-18-12-13-20-28-36-46)35-27-24-32-44-40-39(43-3)41(48)42(40)49;1-4-6-7-8-9-10-11-12(5-2)13-3/h36-37,43-44H,4-35H2,1-3H3;12H,4-11H2,1-3H3. The molecule has 370 valence electrons. The number of hydrogen-bond acceptors (Lipinski definition) is 9. The molecule has 63 heavy (non-hydrogen) atoms. The van der Waals surface area contributed by atoms with Gasteiger partial charge in [0.25, 0.3) is 10.9 Å². The Morgan fingerprint density at radius 1 is 0.540 bits per heavy atom. The predicted octanol–water partition coefficient (Wildman–Crippen LogP) is 14.3. The van der Waals surface area contributed by atoms with E-state index in [4.69, 9.17) is 9.47 Å². The number of unbranched alkanes of at least 4 members (excludes halogenated alkanes) is 25. The minimum Gasteiger partial charge on any atom is -0.462 e. The maximum absolute atomic E-state index is 12.8. The topological polar surface area (TPSA) is 114 Å². The van der Waals surface area contributed by atoms with Crippen molar-refractivity contribution in [2.75, 3.05) is 51.0 Å². The van der Waals surface area contributed by atoms with Gasteiger partial charge in [0.2, 0.25) is 0 Å². The van der Waals surface area contributed by atoms with Crippen molar-refractivity contribution in [2.45, 2.75) is 271 Å². The molecule has 1 aromatic carbocycles. The average molecular weight is 890 g/mol. The monoisotopic (exact) mass is 890 g/mol. The second kappa shape index (κ2) is 46.3. The summed E-state index contributed by atoms with van der Waals surface area (Å²) in [7, 11) is 3.49. The summed E-state index contributed by atoms with van der Waals surface area (Å²) in [6, 6.07) is 0. The minimum absolute atomic E-state index is 0.00513. The SMILES string of the molecule is CCCCCCCCC(CC)OC.CCCCCCCCC(CCCCCCCC)OC(=O)CCCCCCCN(CCCCCCCC=O)CCCCNc1c(NC)c(=O)c1=O. The molecule has 0 saturated heterocycles. The van der Waals surface area contributed by atoms with Gasteiger partial charge in [-0.3, -0.25) is 14.4 Å². The Morgan fingerprint density at radius 3 is 1.41 bits per heavy atom. The lowest BCUT2D eigenvalue weighted by Crippen LogP contribution is -2.37. The van der Waals surface area contributed by atoms with Gasteiger partial charge in [0.1, 0.15) is 23.8 Å². The maximum atomic E-state index is 12.8. The highest BCUT2D eigenvalue weighted by Crippen LogP contribution is 2.19. The van der Waals surface area contributed by atoms with E-state index >= 15 is 0 Å². The third-order valence-electron chi connectivity index (χ3n) is 12.7. The van der Waals surface area contributed by atoms with E-state index in [2.05, 4.69) is 43.2 Å². The van der Waals surface area contributed by atoms with Gasteiger partial charge < -0.3 is 29.8 Å². The predicted molar refractivity (Wildman–Crippen MR) is 271 cm³/mol. The third kappa shape index (κ3) is 35.7. The molecule has 0 aliphatic heterocycles. The van der Waals surface area contributed by atoms with Crippen LogP contribution in [0.15, 0.2) is 9.59 Å². The lowest BCUT2D eigenvalue weighted by Gasteiger charge is -2.22. The van der Waals surface area contributed by atoms with Crippen LogP contribution in [-0.4, -0.2) is 69.7 Å². The van der Waals surface area contributed by atoms with Gasteiger partial charge in [-0.1, -0.05) is 169 Å². The fourth-order valence-electron chi connectivity index (χ4n) is 8.49. The molecule has 0 bridgehead atoms. The number of nitrogens with zero attached hydrogens (tertiary/aromatic N) is 1. The van der Waals surface area contributed by atoms with Crippen molar-refractivity contribution in [1.29, 1.82) is 0 Å². The summed E-state index contributed by atoms with van der Waals surface area (Å²) in [5.41, 5.74) is -0.0214. The summed E-state index contributed by atoms with van der Waals surface area (Å²) in [6.07, 6.45) is 44.0. The number of nitrogens with one attached hydrogen (secondary N) is 2. The smallest absolute Gasteiger partial charge is 0.306 e. The normalized spacial score (nSPS) is 11.9. The van der Waals surface area contributed by atoms with Gasteiger partial charge >= 0.3 is 5.97 Å². The van der Waals surface area contributed by atoms with Gasteiger partial charge in [-0.25, -0.2) is 0 Å². The number of rotatable bonds is 47. The molecule has 0 fully saturated rings. The summed E-state index contributed by atoms with van der Waals surface area (Å²) in [4.78, 5) is 49.3. The molecule has 0 radical (unpaired) electrons. The van der Waals surface area contributed by atoms with Crippen LogP contribution in [0.1, 0.15) is 259 Å². The highest BCUT2D eigenvalue weighted by atomic mass is 16.5. The van der Waals surface area contributed by atoms with Crippen molar-refractivity contribution in [3.63, 3.8) is 0 Å². The Hall–Kier alpha value is -2.26. The first-order valence-corrected chi connectivity index (χ1v) is 27.0. The summed E-state index contributed by atoms with van der Waals surface area (Å²) in [5.74, 6) is 0.00513. The van der Waals surface area contributed by atoms with E-state index in [1.54, 1.807) is 7.05 Å². The molecular weight excluding hydrogens is 787 g/mol. The number of ether oxygens (including phenoxy) is 2. The van der Waals surface area contributed by atoms with Crippen LogP contribution in [0.5, 0.6) is 0 Å². The Bertz CT molecular complexity index is 1200. The Labute approximate surface area is 388 Å². The Balaban J connectivity index is 0.00000253. The van der Waals surface area contributed by atoms with Crippen molar-refractivity contribution in [3.05, 3.63) is 20.4 Å². The zero-order chi connectivity index (χ0) is 46.4. The Morgan fingerprint density at radius 2 is 0.952 bits per heavy atom. The molecule has 1 rings (SSSR count). The van der Waals surface area contributed by atoms with E-state index in [9.17, 15) is 19.2 Å². The average Bonchev–Trinajstić information content (AvgIpc) is 3.29. The molecule has 0 aromatic heterocycles. The van der Waals surface area contributed by atoms with Crippen LogP contribution in [0.25, 0.3) is 0 Å². The number of aldehydes is 1. The number of carbonyl (C=O) groups is 2. The molecule has 1 unspecified atom stereocenters. The fourth-order valence-corrected chi connectivity index (χ4v) is 8.49. The van der Waals surface area contributed by atoms with Gasteiger partial charge in [0.15, 0.2) is 0 Å². The molecule has 0 aliphatic rings. The number of methoxy groups -OCH3 is 1. The van der Waals surface area contributed by atoms with Crippen LogP contribution in [0.2, 0.25) is 0 Å². The summed E-state index contributed by atoms with van der Waals surface area (Å²) in [6.45, 7) is 12.9. The first-order chi connectivity index (χ1) is 30.8. The molecule has 1 aromatic rings. The molecular formula is C54H103N3O6. The van der Waals surface area contributed by atoms with Crippen molar-refractivity contribution in [1.82, 2.24) is 4.90 Å². The second-order valence-corrected chi connectivity index (χ2v) is 18.4. The molecule has 0 spiro atoms. The number of carbonyl (C=O) groups excluding carboxylic acids is 2. The van der Waals surface area contributed by atoms with Gasteiger partial charge in [0, 0.05) is 33.5 Å². The van der Waals surface area contributed by atoms with Crippen molar-refractivity contribution in [3.8, 4) is 0 Å². The van der Waals surface area contributed by atoms with Crippen LogP contribution >= 0.6 is 0 Å². The summed E-state index contributed by atoms with van der Waals surface area (Å²) in [5, 5.41) is 5.96. The molecule has 2 N–H and O–H groups in total. The summed E-state index contributed by atoms with van der Waals surface area (Å²) < 4.78 is 11.4. The highest BCUT2D eigenvalue weighted by molar-refractivity contribution is 5.73. The zero-order valence-electron chi connectivity index (χ0n) is 42.4. The van der Waals surface area contributed by atoms with Crippen LogP contribution in [0.4, 0.5) is 11.4 Å². The van der Waals surface area contributed by atoms with Gasteiger partial charge in [-0.2, -0.15) is 0 Å². The van der Waals surface area contributed by atoms with Crippen molar-refractivity contribution < 1.29 is 19.1 Å². The Kier molecular flexibility index (Phi) is 44.6. The molecule has 9 nitrogen and oxygen atoms in total. The van der Waals surface area contributed by atoms with Crippen LogP contribution in [0, 0.1) is 0 Å².